The summed E-state index contributed by atoms with van der Waals surface area (Å²) in [5, 5.41) is 0. The molecule has 8 nitrogen and oxygen atoms in total. The lowest BCUT2D eigenvalue weighted by atomic mass is 10.0. The molecule has 0 radical (unpaired) electrons. The Morgan fingerprint density at radius 1 is 0.839 bits per heavy atom. The van der Waals surface area contributed by atoms with Crippen LogP contribution in [0.2, 0.25) is 0 Å². The fourth-order valence-corrected chi connectivity index (χ4v) is 4.73. The molecule has 2 fully saturated rings. The number of hydrogen-bond acceptors (Lipinski definition) is 5. The molecule has 4 rings (SSSR count). The zero-order valence-electron chi connectivity index (χ0n) is 18.2. The van der Waals surface area contributed by atoms with Crippen molar-refractivity contribution in [3.8, 4) is 0 Å². The summed E-state index contributed by atoms with van der Waals surface area (Å²) in [6, 6.07) is 5.89. The van der Waals surface area contributed by atoms with Gasteiger partial charge in [0.25, 0.3) is 11.8 Å². The molecular formula is C23H30N4O4. The number of hydrogen-bond donors (Lipinski definition) is 0. The van der Waals surface area contributed by atoms with Crippen LogP contribution in [0.5, 0.6) is 0 Å². The first-order valence-electron chi connectivity index (χ1n) is 11.1. The number of amides is 4. The van der Waals surface area contributed by atoms with Gasteiger partial charge in [-0.3, -0.25) is 29.0 Å². The van der Waals surface area contributed by atoms with E-state index in [9.17, 15) is 19.2 Å². The molecule has 166 valence electrons. The van der Waals surface area contributed by atoms with Crippen LogP contribution >= 0.6 is 0 Å². The Hall–Kier alpha value is -2.74. The molecule has 4 amide bonds. The average Bonchev–Trinajstić information content (AvgIpc) is 3.38. The molecular weight excluding hydrogens is 396 g/mol. The number of imide groups is 1. The summed E-state index contributed by atoms with van der Waals surface area (Å²) < 4.78 is 0. The number of likely N-dealkylation sites (tertiary alicyclic amines) is 1. The molecule has 0 aromatic heterocycles. The Balaban J connectivity index is 1.40. The zero-order chi connectivity index (χ0) is 22.1. The second-order valence-electron chi connectivity index (χ2n) is 8.90. The first-order chi connectivity index (χ1) is 14.9. The fourth-order valence-electron chi connectivity index (χ4n) is 4.73. The first kappa shape index (κ1) is 21.5. The van der Waals surface area contributed by atoms with Gasteiger partial charge in [0.2, 0.25) is 11.8 Å². The SMILES string of the molecule is CC(C)C(C(=O)N1CCN(CC(=O)N2CCCC2)CC1)N1C(=O)c2ccccc2C1=O. The minimum atomic E-state index is -0.829. The summed E-state index contributed by atoms with van der Waals surface area (Å²) in [5.41, 5.74) is 0.715. The zero-order valence-corrected chi connectivity index (χ0v) is 18.2. The van der Waals surface area contributed by atoms with Crippen LogP contribution < -0.4 is 0 Å². The molecule has 0 bridgehead atoms. The lowest BCUT2D eigenvalue weighted by Gasteiger charge is -2.39. The van der Waals surface area contributed by atoms with Gasteiger partial charge in [-0.1, -0.05) is 26.0 Å². The maximum absolute atomic E-state index is 13.4. The van der Waals surface area contributed by atoms with E-state index >= 15 is 0 Å². The van der Waals surface area contributed by atoms with Crippen molar-refractivity contribution in [2.45, 2.75) is 32.7 Å². The van der Waals surface area contributed by atoms with E-state index in [0.29, 0.717) is 43.9 Å². The monoisotopic (exact) mass is 426 g/mol. The van der Waals surface area contributed by atoms with Crippen LogP contribution in [0.3, 0.4) is 0 Å². The second-order valence-corrected chi connectivity index (χ2v) is 8.90. The summed E-state index contributed by atoms with van der Waals surface area (Å²) in [6.07, 6.45) is 2.14. The van der Waals surface area contributed by atoms with E-state index in [0.717, 1.165) is 30.8 Å². The third-order valence-electron chi connectivity index (χ3n) is 6.49. The topological polar surface area (TPSA) is 81.2 Å². The van der Waals surface area contributed by atoms with Crippen LogP contribution in [0.1, 0.15) is 47.4 Å². The van der Waals surface area contributed by atoms with Gasteiger partial charge in [0.05, 0.1) is 17.7 Å². The van der Waals surface area contributed by atoms with E-state index in [4.69, 9.17) is 0 Å². The standard InChI is InChI=1S/C23H30N4O4/c1-16(2)20(27-21(29)17-7-3-4-8-18(17)22(27)30)23(31)26-13-11-24(12-14-26)15-19(28)25-9-5-6-10-25/h3-4,7-8,16,20H,5-6,9-15H2,1-2H3. The third-order valence-corrected chi connectivity index (χ3v) is 6.49. The van der Waals surface area contributed by atoms with Crippen LogP contribution in [0.25, 0.3) is 0 Å². The molecule has 1 atom stereocenters. The van der Waals surface area contributed by atoms with Crippen LogP contribution in [0.4, 0.5) is 0 Å². The van der Waals surface area contributed by atoms with Crippen molar-refractivity contribution in [2.75, 3.05) is 45.8 Å². The molecule has 1 aromatic rings. The van der Waals surface area contributed by atoms with Crippen LogP contribution in [-0.2, 0) is 9.59 Å². The number of fused-ring (bicyclic) bond motifs is 1. The highest BCUT2D eigenvalue weighted by molar-refractivity contribution is 6.22. The number of benzene rings is 1. The van der Waals surface area contributed by atoms with Gasteiger partial charge in [0, 0.05) is 39.3 Å². The Labute approximate surface area is 182 Å². The average molecular weight is 427 g/mol. The molecule has 0 spiro atoms. The summed E-state index contributed by atoms with van der Waals surface area (Å²) >= 11 is 0. The van der Waals surface area contributed by atoms with Crippen molar-refractivity contribution in [3.63, 3.8) is 0 Å². The maximum atomic E-state index is 13.4. The minimum absolute atomic E-state index is 0.156. The molecule has 1 unspecified atom stereocenters. The molecule has 3 heterocycles. The molecule has 0 aliphatic carbocycles. The van der Waals surface area contributed by atoms with E-state index in [1.807, 2.05) is 18.7 Å². The molecule has 31 heavy (non-hydrogen) atoms. The first-order valence-corrected chi connectivity index (χ1v) is 11.1. The van der Waals surface area contributed by atoms with Gasteiger partial charge in [-0.2, -0.15) is 0 Å². The van der Waals surface area contributed by atoms with E-state index in [2.05, 4.69) is 4.90 Å². The molecule has 2 saturated heterocycles. The van der Waals surface area contributed by atoms with Crippen LogP contribution in [-0.4, -0.2) is 95.1 Å². The Morgan fingerprint density at radius 3 is 1.90 bits per heavy atom. The highest BCUT2D eigenvalue weighted by Gasteiger charge is 2.45. The minimum Gasteiger partial charge on any atom is -0.342 e. The largest absolute Gasteiger partial charge is 0.342 e. The highest BCUT2D eigenvalue weighted by atomic mass is 16.2. The molecule has 0 saturated carbocycles. The van der Waals surface area contributed by atoms with Gasteiger partial charge in [0.1, 0.15) is 6.04 Å². The van der Waals surface area contributed by atoms with E-state index in [-0.39, 0.29) is 17.7 Å². The number of carbonyl (C=O) groups is 4. The number of nitrogens with zero attached hydrogens (tertiary/aromatic N) is 4. The van der Waals surface area contributed by atoms with Crippen molar-refractivity contribution in [1.29, 1.82) is 0 Å². The summed E-state index contributed by atoms with van der Waals surface area (Å²) in [6.45, 7) is 7.97. The van der Waals surface area contributed by atoms with Gasteiger partial charge in [0.15, 0.2) is 0 Å². The number of piperazine rings is 1. The van der Waals surface area contributed by atoms with E-state index < -0.39 is 17.9 Å². The van der Waals surface area contributed by atoms with Gasteiger partial charge < -0.3 is 9.80 Å². The number of rotatable bonds is 5. The van der Waals surface area contributed by atoms with Crippen molar-refractivity contribution in [2.24, 2.45) is 5.92 Å². The summed E-state index contributed by atoms with van der Waals surface area (Å²) in [5.74, 6) is -1.05. The lowest BCUT2D eigenvalue weighted by Crippen LogP contribution is -2.58. The predicted molar refractivity (Wildman–Crippen MR) is 114 cm³/mol. The Morgan fingerprint density at radius 2 is 1.39 bits per heavy atom. The Kier molecular flexibility index (Phi) is 6.09. The van der Waals surface area contributed by atoms with E-state index in [1.165, 1.54) is 0 Å². The molecule has 3 aliphatic rings. The summed E-state index contributed by atoms with van der Waals surface area (Å²) in [7, 11) is 0. The Bertz CT molecular complexity index is 850. The van der Waals surface area contributed by atoms with Gasteiger partial charge in [-0.05, 0) is 30.9 Å². The predicted octanol–water partition coefficient (Wildman–Crippen LogP) is 1.07. The van der Waals surface area contributed by atoms with E-state index in [1.54, 1.807) is 29.2 Å². The lowest BCUT2D eigenvalue weighted by molar-refractivity contribution is -0.139. The maximum Gasteiger partial charge on any atom is 0.262 e. The third kappa shape index (κ3) is 4.08. The fraction of sp³-hybridized carbons (Fsp3) is 0.565. The van der Waals surface area contributed by atoms with Crippen molar-refractivity contribution in [1.82, 2.24) is 19.6 Å². The van der Waals surface area contributed by atoms with Crippen molar-refractivity contribution in [3.05, 3.63) is 35.4 Å². The quantitative estimate of drug-likeness (QED) is 0.658. The molecule has 0 N–H and O–H groups in total. The summed E-state index contributed by atoms with van der Waals surface area (Å²) in [4.78, 5) is 58.5. The van der Waals surface area contributed by atoms with Crippen molar-refractivity contribution < 1.29 is 19.2 Å². The van der Waals surface area contributed by atoms with Gasteiger partial charge in [-0.25, -0.2) is 0 Å². The number of carbonyl (C=O) groups excluding carboxylic acids is 4. The highest BCUT2D eigenvalue weighted by Crippen LogP contribution is 2.28. The second kappa shape index (κ2) is 8.78. The molecule has 1 aromatic carbocycles. The van der Waals surface area contributed by atoms with Gasteiger partial charge >= 0.3 is 0 Å². The van der Waals surface area contributed by atoms with Crippen LogP contribution in [0.15, 0.2) is 24.3 Å². The molecule has 3 aliphatic heterocycles. The van der Waals surface area contributed by atoms with Crippen molar-refractivity contribution >= 4 is 23.6 Å². The van der Waals surface area contributed by atoms with Crippen LogP contribution in [0, 0.1) is 5.92 Å². The smallest absolute Gasteiger partial charge is 0.262 e. The molecule has 8 heteroatoms. The normalized spacial score (nSPS) is 20.5. The van der Waals surface area contributed by atoms with Gasteiger partial charge in [-0.15, -0.1) is 0 Å².